The number of rotatable bonds is 0. The van der Waals surface area contributed by atoms with Gasteiger partial charge in [0.05, 0.1) is 17.3 Å². The number of pyridine rings is 1. The average molecular weight is 199 g/mol. The van der Waals surface area contributed by atoms with Gasteiger partial charge in [-0.15, -0.1) is 0 Å². The van der Waals surface area contributed by atoms with Gasteiger partial charge in [-0.25, -0.2) is 4.98 Å². The molecule has 0 saturated carbocycles. The van der Waals surface area contributed by atoms with Crippen molar-refractivity contribution in [1.29, 1.82) is 0 Å². The summed E-state index contributed by atoms with van der Waals surface area (Å²) in [6.07, 6.45) is 2.59. The molecule has 2 aromatic rings. The monoisotopic (exact) mass is 199 g/mol. The average Bonchev–Trinajstić information content (AvgIpc) is 2.27. The molecule has 1 aliphatic rings. The Morgan fingerprint density at radius 1 is 1.27 bits per heavy atom. The van der Waals surface area contributed by atoms with Crippen LogP contribution in [0.25, 0.3) is 10.9 Å². The molecular weight excluding hydrogens is 186 g/mol. The van der Waals surface area contributed by atoms with Gasteiger partial charge in [0.1, 0.15) is 0 Å². The van der Waals surface area contributed by atoms with Gasteiger partial charge >= 0.3 is 0 Å². The fourth-order valence-corrected chi connectivity index (χ4v) is 2.29. The van der Waals surface area contributed by atoms with Gasteiger partial charge < -0.3 is 5.11 Å². The molecule has 0 saturated heterocycles. The number of aliphatic hydroxyl groups excluding tert-OH is 1. The predicted molar refractivity (Wildman–Crippen MR) is 59.6 cm³/mol. The third-order valence-electron chi connectivity index (χ3n) is 3.08. The van der Waals surface area contributed by atoms with Crippen molar-refractivity contribution < 1.29 is 5.11 Å². The Balaban J connectivity index is 2.27. The second-order valence-electron chi connectivity index (χ2n) is 4.13. The van der Waals surface area contributed by atoms with Crippen LogP contribution in [0.4, 0.5) is 0 Å². The van der Waals surface area contributed by atoms with E-state index in [1.165, 1.54) is 10.9 Å². The van der Waals surface area contributed by atoms with E-state index >= 15 is 0 Å². The van der Waals surface area contributed by atoms with Crippen LogP contribution in [0.5, 0.6) is 0 Å². The predicted octanol–water partition coefficient (Wildman–Crippen LogP) is 2.60. The SMILES string of the molecule is O[C@@H]1CCCc2cc3ccccc3nc21. The van der Waals surface area contributed by atoms with Crippen LogP contribution in [-0.2, 0) is 6.42 Å². The number of benzene rings is 1. The Morgan fingerprint density at radius 2 is 2.13 bits per heavy atom. The highest BCUT2D eigenvalue weighted by atomic mass is 16.3. The second kappa shape index (κ2) is 3.31. The maximum atomic E-state index is 9.86. The van der Waals surface area contributed by atoms with Crippen molar-refractivity contribution in [3.8, 4) is 0 Å². The van der Waals surface area contributed by atoms with E-state index in [0.717, 1.165) is 30.5 Å². The van der Waals surface area contributed by atoms with Crippen LogP contribution in [0.3, 0.4) is 0 Å². The van der Waals surface area contributed by atoms with Gasteiger partial charge in [0, 0.05) is 5.39 Å². The Kier molecular flexibility index (Phi) is 1.96. The molecule has 0 bridgehead atoms. The molecule has 76 valence electrons. The number of fused-ring (bicyclic) bond motifs is 2. The number of aryl methyl sites for hydroxylation is 1. The van der Waals surface area contributed by atoms with Gasteiger partial charge in [-0.1, -0.05) is 18.2 Å². The number of aromatic nitrogens is 1. The zero-order valence-electron chi connectivity index (χ0n) is 8.48. The topological polar surface area (TPSA) is 33.1 Å². The summed E-state index contributed by atoms with van der Waals surface area (Å²) in [5.41, 5.74) is 3.09. The highest BCUT2D eigenvalue weighted by Gasteiger charge is 2.19. The Morgan fingerprint density at radius 3 is 3.07 bits per heavy atom. The van der Waals surface area contributed by atoms with Crippen molar-refractivity contribution in [2.45, 2.75) is 25.4 Å². The van der Waals surface area contributed by atoms with Crippen LogP contribution in [0.2, 0.25) is 0 Å². The summed E-state index contributed by atoms with van der Waals surface area (Å²) in [5.74, 6) is 0. The number of aliphatic hydroxyl groups is 1. The van der Waals surface area contributed by atoms with E-state index in [-0.39, 0.29) is 6.10 Å². The maximum absolute atomic E-state index is 9.86. The minimum absolute atomic E-state index is 0.363. The molecule has 2 heteroatoms. The minimum Gasteiger partial charge on any atom is -0.387 e. The van der Waals surface area contributed by atoms with Crippen molar-refractivity contribution in [1.82, 2.24) is 4.98 Å². The lowest BCUT2D eigenvalue weighted by atomic mass is 9.92. The van der Waals surface area contributed by atoms with Gasteiger partial charge in [0.25, 0.3) is 0 Å². The van der Waals surface area contributed by atoms with Crippen LogP contribution in [0.1, 0.15) is 30.2 Å². The zero-order valence-corrected chi connectivity index (χ0v) is 8.48. The smallest absolute Gasteiger partial charge is 0.0962 e. The molecule has 2 nitrogen and oxygen atoms in total. The lowest BCUT2D eigenvalue weighted by Gasteiger charge is -2.20. The van der Waals surface area contributed by atoms with Crippen molar-refractivity contribution >= 4 is 10.9 Å². The van der Waals surface area contributed by atoms with Crippen molar-refractivity contribution in [3.05, 3.63) is 41.6 Å². The molecule has 1 atom stereocenters. The van der Waals surface area contributed by atoms with E-state index in [9.17, 15) is 5.11 Å². The summed E-state index contributed by atoms with van der Waals surface area (Å²) in [4.78, 5) is 4.55. The molecular formula is C13H13NO. The van der Waals surface area contributed by atoms with E-state index in [1.54, 1.807) is 0 Å². The normalized spacial score (nSPS) is 20.2. The summed E-state index contributed by atoms with van der Waals surface area (Å²) in [6.45, 7) is 0. The largest absolute Gasteiger partial charge is 0.387 e. The number of nitrogens with zero attached hydrogens (tertiary/aromatic N) is 1. The molecule has 0 amide bonds. The van der Waals surface area contributed by atoms with Gasteiger partial charge in [0.15, 0.2) is 0 Å². The molecule has 0 spiro atoms. The van der Waals surface area contributed by atoms with Crippen LogP contribution < -0.4 is 0 Å². The number of hydrogen-bond acceptors (Lipinski definition) is 2. The first-order chi connectivity index (χ1) is 7.34. The Bertz CT molecular complexity index is 507. The van der Waals surface area contributed by atoms with Crippen LogP contribution in [-0.4, -0.2) is 10.1 Å². The second-order valence-corrected chi connectivity index (χ2v) is 4.13. The summed E-state index contributed by atoms with van der Waals surface area (Å²) < 4.78 is 0. The minimum atomic E-state index is -0.363. The molecule has 0 fully saturated rings. The zero-order chi connectivity index (χ0) is 10.3. The third-order valence-corrected chi connectivity index (χ3v) is 3.08. The summed E-state index contributed by atoms with van der Waals surface area (Å²) in [5, 5.41) is 11.0. The molecule has 1 aromatic heterocycles. The first kappa shape index (κ1) is 8.86. The van der Waals surface area contributed by atoms with Crippen LogP contribution in [0, 0.1) is 0 Å². The molecule has 1 aliphatic carbocycles. The molecule has 1 aromatic carbocycles. The number of para-hydroxylation sites is 1. The van der Waals surface area contributed by atoms with E-state index < -0.39 is 0 Å². The van der Waals surface area contributed by atoms with Crippen molar-refractivity contribution in [2.24, 2.45) is 0 Å². The molecule has 0 unspecified atom stereocenters. The lowest BCUT2D eigenvalue weighted by molar-refractivity contribution is 0.152. The lowest BCUT2D eigenvalue weighted by Crippen LogP contribution is -2.11. The maximum Gasteiger partial charge on any atom is 0.0962 e. The quantitative estimate of drug-likeness (QED) is 0.707. The molecule has 0 aliphatic heterocycles. The van der Waals surface area contributed by atoms with E-state index in [1.807, 2.05) is 18.2 Å². The van der Waals surface area contributed by atoms with Crippen LogP contribution in [0.15, 0.2) is 30.3 Å². The van der Waals surface area contributed by atoms with Crippen molar-refractivity contribution in [2.75, 3.05) is 0 Å². The molecule has 3 rings (SSSR count). The number of hydrogen-bond donors (Lipinski definition) is 1. The highest BCUT2D eigenvalue weighted by Crippen LogP contribution is 2.30. The van der Waals surface area contributed by atoms with E-state index in [0.29, 0.717) is 0 Å². The standard InChI is InChI=1S/C13H13NO/c15-12-7-3-5-10-8-9-4-1-2-6-11(9)14-13(10)12/h1-2,4,6,8,12,15H,3,5,7H2/t12-/m1/s1. The van der Waals surface area contributed by atoms with E-state index in [4.69, 9.17) is 0 Å². The highest BCUT2D eigenvalue weighted by molar-refractivity contribution is 5.79. The third kappa shape index (κ3) is 1.41. The van der Waals surface area contributed by atoms with E-state index in [2.05, 4.69) is 17.1 Å². The van der Waals surface area contributed by atoms with Crippen molar-refractivity contribution in [3.63, 3.8) is 0 Å². The molecule has 1 N–H and O–H groups in total. The Labute approximate surface area is 88.6 Å². The Hall–Kier alpha value is -1.41. The van der Waals surface area contributed by atoms with Gasteiger partial charge in [-0.05, 0) is 37.0 Å². The van der Waals surface area contributed by atoms with Gasteiger partial charge in [-0.3, -0.25) is 0 Å². The first-order valence-corrected chi connectivity index (χ1v) is 5.41. The fraction of sp³-hybridized carbons (Fsp3) is 0.308. The van der Waals surface area contributed by atoms with Gasteiger partial charge in [0.2, 0.25) is 0 Å². The summed E-state index contributed by atoms with van der Waals surface area (Å²) in [6, 6.07) is 10.2. The molecule has 1 heterocycles. The summed E-state index contributed by atoms with van der Waals surface area (Å²) >= 11 is 0. The summed E-state index contributed by atoms with van der Waals surface area (Å²) in [7, 11) is 0. The molecule has 15 heavy (non-hydrogen) atoms. The molecule has 0 radical (unpaired) electrons. The fourth-order valence-electron chi connectivity index (χ4n) is 2.29. The van der Waals surface area contributed by atoms with Crippen LogP contribution >= 0.6 is 0 Å². The van der Waals surface area contributed by atoms with Gasteiger partial charge in [-0.2, -0.15) is 0 Å². The first-order valence-electron chi connectivity index (χ1n) is 5.41.